The molecule has 3 heterocycles. The van der Waals surface area contributed by atoms with E-state index in [1.54, 1.807) is 0 Å². The summed E-state index contributed by atoms with van der Waals surface area (Å²) >= 11 is 0. The summed E-state index contributed by atoms with van der Waals surface area (Å²) in [6, 6.07) is 10.0. The molecule has 2 fully saturated rings. The van der Waals surface area contributed by atoms with Gasteiger partial charge >= 0.3 is 0 Å². The number of guanidine groups is 1. The third kappa shape index (κ3) is 3.58. The number of carbonyl (C=O) groups excluding carboxylic acids is 1. The number of piperazine rings is 1. The molecular weight excluding hydrogens is 340 g/mol. The summed E-state index contributed by atoms with van der Waals surface area (Å²) in [7, 11) is 2.01. The topological polar surface area (TPSA) is 75.3 Å². The molecule has 1 aromatic rings. The number of piperidine rings is 1. The van der Waals surface area contributed by atoms with Gasteiger partial charge in [0.1, 0.15) is 5.84 Å². The molecule has 1 atom stereocenters. The Kier molecular flexibility index (Phi) is 4.90. The SMILES string of the molecule is CN1CCCC2C(=O)N=C(N3CCN(Cc4ccccc4C#N)CC3)N=C21. The Balaban J connectivity index is 1.41. The number of hydrogen-bond acceptors (Lipinski definition) is 6. The van der Waals surface area contributed by atoms with Gasteiger partial charge in [-0.1, -0.05) is 18.2 Å². The highest BCUT2D eigenvalue weighted by atomic mass is 16.1. The average Bonchev–Trinajstić information content (AvgIpc) is 2.70. The largest absolute Gasteiger partial charge is 0.362 e. The number of amidine groups is 1. The van der Waals surface area contributed by atoms with E-state index in [-0.39, 0.29) is 11.8 Å². The molecule has 1 unspecified atom stereocenters. The van der Waals surface area contributed by atoms with Crippen molar-refractivity contribution in [2.24, 2.45) is 15.9 Å². The van der Waals surface area contributed by atoms with Crippen molar-refractivity contribution < 1.29 is 4.79 Å². The van der Waals surface area contributed by atoms with Crippen molar-refractivity contribution in [1.29, 1.82) is 5.26 Å². The first-order chi connectivity index (χ1) is 13.2. The maximum atomic E-state index is 12.4. The highest BCUT2D eigenvalue weighted by Gasteiger charge is 2.35. The van der Waals surface area contributed by atoms with Crippen molar-refractivity contribution >= 4 is 17.7 Å². The van der Waals surface area contributed by atoms with E-state index in [1.807, 2.05) is 31.3 Å². The summed E-state index contributed by atoms with van der Waals surface area (Å²) in [4.78, 5) is 28.0. The van der Waals surface area contributed by atoms with Gasteiger partial charge in [-0.3, -0.25) is 9.69 Å². The molecule has 0 spiro atoms. The molecule has 7 heteroatoms. The second-order valence-electron chi connectivity index (χ2n) is 7.37. The highest BCUT2D eigenvalue weighted by Crippen LogP contribution is 2.23. The van der Waals surface area contributed by atoms with Gasteiger partial charge in [-0.15, -0.1) is 0 Å². The smallest absolute Gasteiger partial charge is 0.259 e. The van der Waals surface area contributed by atoms with Gasteiger partial charge in [0.15, 0.2) is 0 Å². The van der Waals surface area contributed by atoms with Crippen LogP contribution in [0.2, 0.25) is 0 Å². The number of nitrogens with zero attached hydrogens (tertiary/aromatic N) is 6. The number of nitriles is 1. The van der Waals surface area contributed by atoms with E-state index < -0.39 is 0 Å². The van der Waals surface area contributed by atoms with Gasteiger partial charge in [0.2, 0.25) is 5.96 Å². The standard InChI is InChI=1S/C20H24N6O/c1-24-8-4-7-17-18(24)22-20(23-19(17)27)26-11-9-25(10-12-26)14-16-6-3-2-5-15(16)13-21/h2-3,5-6,17H,4,7-12,14H2,1H3. The quantitative estimate of drug-likeness (QED) is 0.791. The lowest BCUT2D eigenvalue weighted by Crippen LogP contribution is -2.51. The molecule has 2 saturated heterocycles. The van der Waals surface area contributed by atoms with Gasteiger partial charge in [0.05, 0.1) is 17.6 Å². The summed E-state index contributed by atoms with van der Waals surface area (Å²) in [5, 5.41) is 9.26. The molecule has 7 nitrogen and oxygen atoms in total. The van der Waals surface area contributed by atoms with E-state index in [0.29, 0.717) is 5.96 Å². The van der Waals surface area contributed by atoms with E-state index in [9.17, 15) is 10.1 Å². The van der Waals surface area contributed by atoms with Crippen LogP contribution in [0.25, 0.3) is 0 Å². The van der Waals surface area contributed by atoms with Crippen LogP contribution in [-0.2, 0) is 11.3 Å². The van der Waals surface area contributed by atoms with Gasteiger partial charge < -0.3 is 9.80 Å². The Bertz CT molecular complexity index is 831. The van der Waals surface area contributed by atoms with Crippen LogP contribution in [0.1, 0.15) is 24.0 Å². The van der Waals surface area contributed by atoms with Crippen molar-refractivity contribution in [2.45, 2.75) is 19.4 Å². The molecule has 0 N–H and O–H groups in total. The first-order valence-corrected chi connectivity index (χ1v) is 9.53. The fourth-order valence-corrected chi connectivity index (χ4v) is 4.00. The van der Waals surface area contributed by atoms with Crippen molar-refractivity contribution in [2.75, 3.05) is 39.8 Å². The first-order valence-electron chi connectivity index (χ1n) is 9.53. The molecule has 1 aromatic carbocycles. The predicted octanol–water partition coefficient (Wildman–Crippen LogP) is 1.31. The average molecular weight is 364 g/mol. The molecule has 1 amide bonds. The van der Waals surface area contributed by atoms with Crippen LogP contribution in [0.3, 0.4) is 0 Å². The van der Waals surface area contributed by atoms with Crippen LogP contribution >= 0.6 is 0 Å². The van der Waals surface area contributed by atoms with Crippen LogP contribution in [0.15, 0.2) is 34.3 Å². The number of likely N-dealkylation sites (tertiary alicyclic amines) is 1. The lowest BCUT2D eigenvalue weighted by Gasteiger charge is -2.38. The number of amides is 1. The molecule has 4 rings (SSSR count). The van der Waals surface area contributed by atoms with Crippen molar-refractivity contribution in [3.63, 3.8) is 0 Å². The maximum Gasteiger partial charge on any atom is 0.259 e. The Labute approximate surface area is 159 Å². The Morgan fingerprint density at radius 2 is 1.93 bits per heavy atom. The molecule has 27 heavy (non-hydrogen) atoms. The minimum absolute atomic E-state index is 0.0491. The van der Waals surface area contributed by atoms with Gasteiger partial charge in [-0.25, -0.2) is 0 Å². The molecule has 0 saturated carbocycles. The number of carbonyl (C=O) groups is 1. The highest BCUT2D eigenvalue weighted by molar-refractivity contribution is 6.14. The summed E-state index contributed by atoms with van der Waals surface area (Å²) < 4.78 is 0. The fraction of sp³-hybridized carbons (Fsp3) is 0.500. The second-order valence-corrected chi connectivity index (χ2v) is 7.37. The Morgan fingerprint density at radius 3 is 2.70 bits per heavy atom. The maximum absolute atomic E-state index is 12.4. The van der Waals surface area contributed by atoms with E-state index in [2.05, 4.69) is 25.8 Å². The van der Waals surface area contributed by atoms with Crippen LogP contribution < -0.4 is 0 Å². The molecular formula is C20H24N6O. The molecule has 0 aliphatic carbocycles. The zero-order chi connectivity index (χ0) is 18.8. The normalized spacial score (nSPS) is 23.4. The number of fused-ring (bicyclic) bond motifs is 1. The first kappa shape index (κ1) is 17.7. The molecule has 3 aliphatic rings. The number of hydrogen-bond donors (Lipinski definition) is 0. The van der Waals surface area contributed by atoms with E-state index in [4.69, 9.17) is 4.99 Å². The number of rotatable bonds is 2. The Morgan fingerprint density at radius 1 is 1.15 bits per heavy atom. The molecule has 0 radical (unpaired) electrons. The van der Waals surface area contributed by atoms with Gasteiger partial charge in [0, 0.05) is 46.3 Å². The van der Waals surface area contributed by atoms with Crippen LogP contribution in [0.4, 0.5) is 0 Å². The number of aliphatic imine (C=N–C) groups is 2. The third-order valence-electron chi connectivity index (χ3n) is 5.60. The van der Waals surface area contributed by atoms with Crippen LogP contribution in [0.5, 0.6) is 0 Å². The lowest BCUT2D eigenvalue weighted by atomic mass is 9.95. The minimum Gasteiger partial charge on any atom is -0.362 e. The molecule has 0 bridgehead atoms. The lowest BCUT2D eigenvalue weighted by molar-refractivity contribution is -0.120. The molecule has 140 valence electrons. The minimum atomic E-state index is -0.156. The van der Waals surface area contributed by atoms with Crippen molar-refractivity contribution in [3.8, 4) is 6.07 Å². The van der Waals surface area contributed by atoms with Crippen LogP contribution in [0, 0.1) is 17.2 Å². The molecule has 0 aromatic heterocycles. The summed E-state index contributed by atoms with van der Waals surface area (Å²) in [6.07, 6.45) is 1.87. The summed E-state index contributed by atoms with van der Waals surface area (Å²) in [6.45, 7) is 5.00. The third-order valence-corrected chi connectivity index (χ3v) is 5.60. The predicted molar refractivity (Wildman–Crippen MR) is 103 cm³/mol. The monoisotopic (exact) mass is 364 g/mol. The Hall–Kier alpha value is -2.72. The van der Waals surface area contributed by atoms with Gasteiger partial charge in [-0.05, 0) is 24.5 Å². The summed E-state index contributed by atoms with van der Waals surface area (Å²) in [5.74, 6) is 1.24. The number of benzene rings is 1. The molecule has 3 aliphatic heterocycles. The van der Waals surface area contributed by atoms with Crippen LogP contribution in [-0.4, -0.2) is 72.2 Å². The van der Waals surface area contributed by atoms with E-state index >= 15 is 0 Å². The van der Waals surface area contributed by atoms with Gasteiger partial charge in [-0.2, -0.15) is 15.2 Å². The summed E-state index contributed by atoms with van der Waals surface area (Å²) in [5.41, 5.74) is 1.80. The van der Waals surface area contributed by atoms with Crippen molar-refractivity contribution in [1.82, 2.24) is 14.7 Å². The fourth-order valence-electron chi connectivity index (χ4n) is 4.00. The zero-order valence-corrected chi connectivity index (χ0v) is 15.6. The van der Waals surface area contributed by atoms with E-state index in [0.717, 1.165) is 69.1 Å². The van der Waals surface area contributed by atoms with E-state index in [1.165, 1.54) is 0 Å². The second kappa shape index (κ2) is 7.49. The van der Waals surface area contributed by atoms with Gasteiger partial charge in [0.25, 0.3) is 5.91 Å². The van der Waals surface area contributed by atoms with Crippen molar-refractivity contribution in [3.05, 3.63) is 35.4 Å². The zero-order valence-electron chi connectivity index (χ0n) is 15.6.